The number of ether oxygens (including phenoxy) is 1. The highest BCUT2D eigenvalue weighted by Gasteiger charge is 2.35. The number of unbranched alkanes of at least 4 members (excludes halogenated alkanes) is 1. The van der Waals surface area contributed by atoms with Gasteiger partial charge in [-0.25, -0.2) is 9.59 Å². The van der Waals surface area contributed by atoms with E-state index in [1.165, 1.54) is 0 Å². The van der Waals surface area contributed by atoms with Crippen molar-refractivity contribution in [2.75, 3.05) is 13.2 Å². The van der Waals surface area contributed by atoms with Crippen LogP contribution < -0.4 is 10.6 Å². The minimum absolute atomic E-state index is 0.00235. The molecule has 10 heteroatoms. The number of carbonyl (C=O) groups is 5. The normalized spacial score (nSPS) is 14.8. The molecule has 1 aliphatic heterocycles. The number of carbonyl (C=O) groups excluding carboxylic acids is 5. The van der Waals surface area contributed by atoms with Crippen LogP contribution in [0.1, 0.15) is 52.4 Å². The SMILES string of the molecule is CCOC(=O)NCCCCC(NC(=O)CC)C(=O)ON1C(=O)CCC1=O. The van der Waals surface area contributed by atoms with E-state index in [1.54, 1.807) is 13.8 Å². The molecule has 1 heterocycles. The van der Waals surface area contributed by atoms with Gasteiger partial charge < -0.3 is 20.2 Å². The molecule has 0 aliphatic carbocycles. The van der Waals surface area contributed by atoms with Crippen molar-refractivity contribution in [3.8, 4) is 0 Å². The summed E-state index contributed by atoms with van der Waals surface area (Å²) in [7, 11) is 0. The molecule has 0 spiro atoms. The Morgan fingerprint density at radius 3 is 2.35 bits per heavy atom. The van der Waals surface area contributed by atoms with Crippen LogP contribution in [0.2, 0.25) is 0 Å². The van der Waals surface area contributed by atoms with Crippen molar-refractivity contribution < 1.29 is 33.5 Å². The zero-order valence-electron chi connectivity index (χ0n) is 15.0. The van der Waals surface area contributed by atoms with Crippen LogP contribution >= 0.6 is 0 Å². The van der Waals surface area contributed by atoms with Crippen molar-refractivity contribution in [3.63, 3.8) is 0 Å². The second-order valence-corrected chi connectivity index (χ2v) is 5.61. The van der Waals surface area contributed by atoms with E-state index in [1.807, 2.05) is 0 Å². The van der Waals surface area contributed by atoms with Gasteiger partial charge in [0.2, 0.25) is 5.91 Å². The average molecular weight is 371 g/mol. The molecule has 26 heavy (non-hydrogen) atoms. The van der Waals surface area contributed by atoms with Crippen molar-refractivity contribution in [2.45, 2.75) is 58.4 Å². The van der Waals surface area contributed by atoms with E-state index in [4.69, 9.17) is 9.57 Å². The summed E-state index contributed by atoms with van der Waals surface area (Å²) in [4.78, 5) is 62.9. The first-order chi connectivity index (χ1) is 12.4. The van der Waals surface area contributed by atoms with Gasteiger partial charge in [-0.15, -0.1) is 5.06 Å². The Balaban J connectivity index is 2.49. The number of rotatable bonds is 10. The summed E-state index contributed by atoms with van der Waals surface area (Å²) in [6, 6.07) is -0.980. The van der Waals surface area contributed by atoms with Gasteiger partial charge in [0.05, 0.1) is 6.61 Å². The molecule has 0 aromatic rings. The highest BCUT2D eigenvalue weighted by Crippen LogP contribution is 2.14. The Labute approximate surface area is 151 Å². The summed E-state index contributed by atoms with van der Waals surface area (Å²) >= 11 is 0. The molecule has 1 saturated heterocycles. The van der Waals surface area contributed by atoms with Gasteiger partial charge in [-0.2, -0.15) is 0 Å². The first-order valence-corrected chi connectivity index (χ1v) is 8.66. The van der Waals surface area contributed by atoms with Crippen LogP contribution in [-0.2, 0) is 28.8 Å². The van der Waals surface area contributed by atoms with Gasteiger partial charge in [0, 0.05) is 25.8 Å². The summed E-state index contributed by atoms with van der Waals surface area (Å²) in [6.45, 7) is 3.96. The van der Waals surface area contributed by atoms with Crippen molar-refractivity contribution in [2.24, 2.45) is 0 Å². The largest absolute Gasteiger partial charge is 0.450 e. The number of imide groups is 1. The molecule has 146 valence electrons. The summed E-state index contributed by atoms with van der Waals surface area (Å²) < 4.78 is 4.72. The number of hydroxylamine groups is 2. The van der Waals surface area contributed by atoms with Crippen LogP contribution in [0, 0.1) is 0 Å². The lowest BCUT2D eigenvalue weighted by Crippen LogP contribution is -2.45. The Bertz CT molecular complexity index is 534. The molecule has 0 radical (unpaired) electrons. The van der Waals surface area contributed by atoms with Gasteiger partial charge in [-0.05, 0) is 26.2 Å². The topological polar surface area (TPSA) is 131 Å². The maximum absolute atomic E-state index is 12.2. The molecule has 0 saturated carbocycles. The molecule has 1 fully saturated rings. The third-order valence-electron chi connectivity index (χ3n) is 3.59. The van der Waals surface area contributed by atoms with E-state index in [2.05, 4.69) is 10.6 Å². The Kier molecular flexibility index (Phi) is 9.10. The molecule has 2 N–H and O–H groups in total. The maximum Gasteiger partial charge on any atom is 0.407 e. The van der Waals surface area contributed by atoms with Gasteiger partial charge in [-0.3, -0.25) is 14.4 Å². The fourth-order valence-corrected chi connectivity index (χ4v) is 2.20. The molecule has 0 aromatic carbocycles. The molecule has 4 amide bonds. The van der Waals surface area contributed by atoms with E-state index in [0.29, 0.717) is 24.4 Å². The van der Waals surface area contributed by atoms with Crippen LogP contribution in [0.15, 0.2) is 0 Å². The number of nitrogens with one attached hydrogen (secondary N) is 2. The van der Waals surface area contributed by atoms with E-state index >= 15 is 0 Å². The number of hydrogen-bond donors (Lipinski definition) is 2. The van der Waals surface area contributed by atoms with Gasteiger partial charge in [-0.1, -0.05) is 6.92 Å². The summed E-state index contributed by atoms with van der Waals surface area (Å²) in [5.41, 5.74) is 0. The van der Waals surface area contributed by atoms with Gasteiger partial charge in [0.25, 0.3) is 11.8 Å². The summed E-state index contributed by atoms with van der Waals surface area (Å²) in [5, 5.41) is 5.52. The van der Waals surface area contributed by atoms with Crippen LogP contribution in [0.5, 0.6) is 0 Å². The van der Waals surface area contributed by atoms with Crippen LogP contribution in [0.3, 0.4) is 0 Å². The number of alkyl carbamates (subject to hydrolysis) is 1. The molecule has 0 bridgehead atoms. The van der Waals surface area contributed by atoms with Crippen molar-refractivity contribution in [1.82, 2.24) is 15.7 Å². The maximum atomic E-state index is 12.2. The Morgan fingerprint density at radius 2 is 1.77 bits per heavy atom. The lowest BCUT2D eigenvalue weighted by molar-refractivity contribution is -0.199. The lowest BCUT2D eigenvalue weighted by atomic mass is 10.1. The van der Waals surface area contributed by atoms with Crippen molar-refractivity contribution in [1.29, 1.82) is 0 Å². The smallest absolute Gasteiger partial charge is 0.407 e. The molecule has 1 unspecified atom stereocenters. The summed E-state index contributed by atoms with van der Waals surface area (Å²) in [5.74, 6) is -2.38. The van der Waals surface area contributed by atoms with Crippen molar-refractivity contribution in [3.05, 3.63) is 0 Å². The Hall–Kier alpha value is -2.65. The predicted octanol–water partition coefficient (Wildman–Crippen LogP) is 0.405. The first-order valence-electron chi connectivity index (χ1n) is 8.66. The molecular formula is C16H25N3O7. The monoisotopic (exact) mass is 371 g/mol. The zero-order chi connectivity index (χ0) is 19.5. The zero-order valence-corrected chi connectivity index (χ0v) is 15.0. The lowest BCUT2D eigenvalue weighted by Gasteiger charge is -2.20. The minimum Gasteiger partial charge on any atom is -0.450 e. The molecular weight excluding hydrogens is 346 g/mol. The summed E-state index contributed by atoms with van der Waals surface area (Å²) in [6.07, 6.45) is 0.939. The van der Waals surface area contributed by atoms with E-state index in [0.717, 1.165) is 0 Å². The van der Waals surface area contributed by atoms with Crippen LogP contribution in [0.4, 0.5) is 4.79 Å². The van der Waals surface area contributed by atoms with Gasteiger partial charge in [0.1, 0.15) is 6.04 Å². The minimum atomic E-state index is -0.980. The highest BCUT2D eigenvalue weighted by atomic mass is 16.7. The third kappa shape index (κ3) is 7.08. The van der Waals surface area contributed by atoms with E-state index < -0.39 is 29.9 Å². The van der Waals surface area contributed by atoms with Crippen LogP contribution in [-0.4, -0.2) is 54.0 Å². The molecule has 1 rings (SSSR count). The average Bonchev–Trinajstić information content (AvgIpc) is 2.92. The number of amides is 4. The van der Waals surface area contributed by atoms with Crippen molar-refractivity contribution >= 4 is 29.8 Å². The van der Waals surface area contributed by atoms with Gasteiger partial charge in [0.15, 0.2) is 0 Å². The predicted molar refractivity (Wildman–Crippen MR) is 88.3 cm³/mol. The van der Waals surface area contributed by atoms with Gasteiger partial charge >= 0.3 is 12.1 Å². The number of nitrogens with zero attached hydrogens (tertiary/aromatic N) is 1. The fraction of sp³-hybridized carbons (Fsp3) is 0.688. The molecule has 0 aromatic heterocycles. The molecule has 1 aliphatic rings. The van der Waals surface area contributed by atoms with E-state index in [9.17, 15) is 24.0 Å². The van der Waals surface area contributed by atoms with Crippen LogP contribution in [0.25, 0.3) is 0 Å². The fourth-order valence-electron chi connectivity index (χ4n) is 2.20. The Morgan fingerprint density at radius 1 is 1.12 bits per heavy atom. The quantitative estimate of drug-likeness (QED) is 0.420. The highest BCUT2D eigenvalue weighted by molar-refractivity contribution is 6.01. The molecule has 10 nitrogen and oxygen atoms in total. The van der Waals surface area contributed by atoms with E-state index in [-0.39, 0.29) is 38.2 Å². The first kappa shape index (κ1) is 21.4. The second kappa shape index (κ2) is 11.1. The third-order valence-corrected chi connectivity index (χ3v) is 3.59. The molecule has 1 atom stereocenters. The number of hydrogen-bond acceptors (Lipinski definition) is 7. The second-order valence-electron chi connectivity index (χ2n) is 5.61. The standard InChI is InChI=1S/C16H25N3O7/c1-3-12(20)18-11(7-5-6-10-17-16(24)25-4-2)15(23)26-19-13(21)8-9-14(19)22/h11H,3-10H2,1-2H3,(H,17,24)(H,18,20).